The summed E-state index contributed by atoms with van der Waals surface area (Å²) in [5.74, 6) is 0.694. The molecule has 2 rings (SSSR count). The van der Waals surface area contributed by atoms with Gasteiger partial charge in [-0.25, -0.2) is 0 Å². The topological polar surface area (TPSA) is 59.0 Å². The third-order valence-corrected chi connectivity index (χ3v) is 3.79. The van der Waals surface area contributed by atoms with Crippen LogP contribution >= 0.6 is 11.6 Å². The van der Waals surface area contributed by atoms with Gasteiger partial charge in [0.1, 0.15) is 5.75 Å². The van der Waals surface area contributed by atoms with Gasteiger partial charge in [0.05, 0.1) is 17.7 Å². The number of rotatable bonds is 6. The van der Waals surface area contributed by atoms with Crippen LogP contribution in [0.2, 0.25) is 5.02 Å². The molecule has 1 atom stereocenters. The Hall–Kier alpha value is -1.24. The number of nitrogens with zero attached hydrogens (tertiary/aromatic N) is 1. The third kappa shape index (κ3) is 3.86. The van der Waals surface area contributed by atoms with Crippen LogP contribution in [0.15, 0.2) is 18.2 Å². The second-order valence-corrected chi connectivity index (χ2v) is 5.98. The fourth-order valence-electron chi connectivity index (χ4n) is 2.11. The van der Waals surface area contributed by atoms with E-state index in [0.29, 0.717) is 23.8 Å². The van der Waals surface area contributed by atoms with Crippen LogP contribution in [0.25, 0.3) is 0 Å². The van der Waals surface area contributed by atoms with E-state index in [0.717, 1.165) is 24.8 Å². The molecule has 1 aromatic carbocycles. The zero-order valence-corrected chi connectivity index (χ0v) is 11.9. The van der Waals surface area contributed by atoms with Crippen molar-refractivity contribution in [2.24, 2.45) is 11.1 Å². The van der Waals surface area contributed by atoms with Crippen LogP contribution in [0.5, 0.6) is 5.75 Å². The van der Waals surface area contributed by atoms with Gasteiger partial charge in [0.15, 0.2) is 0 Å². The molecule has 19 heavy (non-hydrogen) atoms. The summed E-state index contributed by atoms with van der Waals surface area (Å²) >= 11 is 6.21. The molecule has 0 heterocycles. The molecule has 0 aromatic heterocycles. The molecular formula is C15H19ClN2O. The first kappa shape index (κ1) is 14.2. The molecule has 1 saturated carbocycles. The van der Waals surface area contributed by atoms with E-state index >= 15 is 0 Å². The fourth-order valence-corrected chi connectivity index (χ4v) is 2.37. The van der Waals surface area contributed by atoms with E-state index in [2.05, 4.69) is 6.07 Å². The Balaban J connectivity index is 1.96. The third-order valence-electron chi connectivity index (χ3n) is 3.50. The van der Waals surface area contributed by atoms with Crippen LogP contribution in [0, 0.1) is 16.7 Å². The molecule has 0 radical (unpaired) electrons. The Morgan fingerprint density at radius 3 is 2.79 bits per heavy atom. The first-order valence-electron chi connectivity index (χ1n) is 6.58. The number of hydrogen-bond acceptors (Lipinski definition) is 3. The van der Waals surface area contributed by atoms with Gasteiger partial charge in [0.25, 0.3) is 0 Å². The molecule has 1 aliphatic carbocycles. The summed E-state index contributed by atoms with van der Waals surface area (Å²) in [6.07, 6.45) is 3.51. The van der Waals surface area contributed by atoms with E-state index in [9.17, 15) is 0 Å². The molecule has 2 N–H and O–H groups in total. The van der Waals surface area contributed by atoms with Crippen LogP contribution in [0.3, 0.4) is 0 Å². The van der Waals surface area contributed by atoms with Gasteiger partial charge in [-0.3, -0.25) is 0 Å². The first-order chi connectivity index (χ1) is 9.04. The fraction of sp³-hybridized carbons (Fsp3) is 0.533. The normalized spacial score (nSPS) is 17.6. The molecule has 1 fully saturated rings. The van der Waals surface area contributed by atoms with Gasteiger partial charge in [-0.2, -0.15) is 5.26 Å². The summed E-state index contributed by atoms with van der Waals surface area (Å²) in [4.78, 5) is 0. The number of ether oxygens (including phenoxy) is 1. The molecule has 3 nitrogen and oxygen atoms in total. The Bertz CT molecular complexity index is 489. The molecule has 4 heteroatoms. The average Bonchev–Trinajstić information content (AvgIpc) is 3.08. The summed E-state index contributed by atoms with van der Waals surface area (Å²) in [7, 11) is 0. The number of nitrogens with two attached hydrogens (primary N) is 1. The molecule has 1 aromatic rings. The van der Waals surface area contributed by atoms with Crippen molar-refractivity contribution in [1.82, 2.24) is 0 Å². The summed E-state index contributed by atoms with van der Waals surface area (Å²) in [6.45, 7) is 2.55. The zero-order valence-electron chi connectivity index (χ0n) is 11.2. The van der Waals surface area contributed by atoms with Crippen molar-refractivity contribution < 1.29 is 4.74 Å². The molecule has 0 bridgehead atoms. The van der Waals surface area contributed by atoms with E-state index in [1.54, 1.807) is 0 Å². The predicted molar refractivity (Wildman–Crippen MR) is 76.2 cm³/mol. The van der Waals surface area contributed by atoms with Crippen molar-refractivity contribution in [3.8, 4) is 11.8 Å². The van der Waals surface area contributed by atoms with Crippen molar-refractivity contribution in [2.75, 3.05) is 6.61 Å². The highest BCUT2D eigenvalue weighted by Gasteiger charge is 2.43. The van der Waals surface area contributed by atoms with Crippen molar-refractivity contribution in [3.05, 3.63) is 28.8 Å². The van der Waals surface area contributed by atoms with Gasteiger partial charge in [-0.1, -0.05) is 17.7 Å². The minimum atomic E-state index is 0.0719. The number of hydrogen-bond donors (Lipinski definition) is 1. The number of nitriles is 1. The van der Waals surface area contributed by atoms with Gasteiger partial charge in [0, 0.05) is 17.9 Å². The number of benzene rings is 1. The quantitative estimate of drug-likeness (QED) is 0.868. The van der Waals surface area contributed by atoms with Crippen molar-refractivity contribution in [1.29, 1.82) is 5.26 Å². The second-order valence-electron chi connectivity index (χ2n) is 5.57. The van der Waals surface area contributed by atoms with Crippen LogP contribution in [0.4, 0.5) is 0 Å². The summed E-state index contributed by atoms with van der Waals surface area (Å²) in [5.41, 5.74) is 6.95. The molecule has 0 amide bonds. The van der Waals surface area contributed by atoms with Gasteiger partial charge < -0.3 is 10.5 Å². The lowest BCUT2D eigenvalue weighted by atomic mass is 10.1. The van der Waals surface area contributed by atoms with E-state index in [1.165, 1.54) is 0 Å². The molecule has 0 saturated heterocycles. The Kier molecular flexibility index (Phi) is 4.34. The summed E-state index contributed by atoms with van der Waals surface area (Å²) in [6, 6.07) is 8.14. The van der Waals surface area contributed by atoms with Gasteiger partial charge >= 0.3 is 0 Å². The van der Waals surface area contributed by atoms with Gasteiger partial charge in [-0.15, -0.1) is 0 Å². The predicted octanol–water partition coefficient (Wildman–Crippen LogP) is 3.30. The van der Waals surface area contributed by atoms with Crippen LogP contribution in [-0.4, -0.2) is 12.6 Å². The molecule has 1 aliphatic rings. The monoisotopic (exact) mass is 278 g/mol. The highest BCUT2D eigenvalue weighted by Crippen LogP contribution is 2.49. The van der Waals surface area contributed by atoms with Gasteiger partial charge in [0.2, 0.25) is 0 Å². The maximum absolute atomic E-state index is 8.77. The van der Waals surface area contributed by atoms with Crippen molar-refractivity contribution in [3.63, 3.8) is 0 Å². The lowest BCUT2D eigenvalue weighted by Crippen LogP contribution is -2.17. The zero-order chi connectivity index (χ0) is 13.9. The van der Waals surface area contributed by atoms with Gasteiger partial charge in [-0.05, 0) is 43.9 Å². The first-order valence-corrected chi connectivity index (χ1v) is 6.96. The highest BCUT2D eigenvalue weighted by atomic mass is 35.5. The molecular weight excluding hydrogens is 260 g/mol. The average molecular weight is 279 g/mol. The summed E-state index contributed by atoms with van der Waals surface area (Å²) in [5, 5.41) is 9.39. The second kappa shape index (κ2) is 5.81. The standard InChI is InChI=1S/C15H19ClN2O/c1-11(18)8-12-2-3-14(13(16)9-12)19-10-15(4-5-15)6-7-17/h2-3,9,11H,4-6,8,10,18H2,1H3. The minimum absolute atomic E-state index is 0.0719. The smallest absolute Gasteiger partial charge is 0.137 e. The van der Waals surface area contributed by atoms with Crippen LogP contribution in [0.1, 0.15) is 31.7 Å². The molecule has 0 spiro atoms. The van der Waals surface area contributed by atoms with Crippen LogP contribution < -0.4 is 10.5 Å². The molecule has 102 valence electrons. The maximum Gasteiger partial charge on any atom is 0.137 e. The SMILES string of the molecule is CC(N)Cc1ccc(OCC2(CC#N)CC2)c(Cl)c1. The Labute approximate surface area is 119 Å². The van der Waals surface area contributed by atoms with Crippen molar-refractivity contribution in [2.45, 2.75) is 38.6 Å². The lowest BCUT2D eigenvalue weighted by molar-refractivity contribution is 0.237. The molecule has 1 unspecified atom stereocenters. The minimum Gasteiger partial charge on any atom is -0.491 e. The van der Waals surface area contributed by atoms with E-state index in [4.69, 9.17) is 27.3 Å². The lowest BCUT2D eigenvalue weighted by Gasteiger charge is -2.15. The van der Waals surface area contributed by atoms with Crippen molar-refractivity contribution >= 4 is 11.6 Å². The highest BCUT2D eigenvalue weighted by molar-refractivity contribution is 6.32. The largest absolute Gasteiger partial charge is 0.491 e. The van der Waals surface area contributed by atoms with E-state index in [-0.39, 0.29) is 11.5 Å². The Morgan fingerprint density at radius 1 is 1.53 bits per heavy atom. The maximum atomic E-state index is 8.77. The number of halogens is 1. The van der Waals surface area contributed by atoms with E-state index < -0.39 is 0 Å². The van der Waals surface area contributed by atoms with Crippen LogP contribution in [-0.2, 0) is 6.42 Å². The summed E-state index contributed by atoms with van der Waals surface area (Å²) < 4.78 is 5.76. The Morgan fingerprint density at radius 2 is 2.26 bits per heavy atom. The van der Waals surface area contributed by atoms with E-state index in [1.807, 2.05) is 25.1 Å². The molecule has 0 aliphatic heterocycles.